The fourth-order valence-corrected chi connectivity index (χ4v) is 5.13. The Morgan fingerprint density at radius 1 is 1.03 bits per heavy atom. The van der Waals surface area contributed by atoms with Crippen LogP contribution in [0.5, 0.6) is 0 Å². The summed E-state index contributed by atoms with van der Waals surface area (Å²) in [6.45, 7) is 6.00. The SMILES string of the molecule is C[C@H](CN1CCN(c2ccc(C#N)cc2Cl)[C@H](c2ccc(Cl)cc2)C1)c1ccc(I)cc1. The minimum atomic E-state index is 0.148. The smallest absolute Gasteiger partial charge is 0.0992 e. The number of halogens is 3. The molecule has 0 saturated carbocycles. The summed E-state index contributed by atoms with van der Waals surface area (Å²) in [6.07, 6.45) is 0. The average molecular weight is 576 g/mol. The van der Waals surface area contributed by atoms with Crippen molar-refractivity contribution in [2.24, 2.45) is 0 Å². The number of hydrogen-bond acceptors (Lipinski definition) is 3. The molecule has 164 valence electrons. The molecule has 0 amide bonds. The number of hydrogen-bond donors (Lipinski definition) is 0. The van der Waals surface area contributed by atoms with Gasteiger partial charge in [0, 0.05) is 34.8 Å². The highest BCUT2D eigenvalue weighted by Gasteiger charge is 2.30. The van der Waals surface area contributed by atoms with E-state index in [4.69, 9.17) is 23.2 Å². The van der Waals surface area contributed by atoms with Crippen molar-refractivity contribution in [1.29, 1.82) is 5.26 Å². The molecule has 3 aromatic carbocycles. The fraction of sp³-hybridized carbons (Fsp3) is 0.269. The molecule has 0 radical (unpaired) electrons. The molecule has 0 N–H and O–H groups in total. The van der Waals surface area contributed by atoms with Gasteiger partial charge >= 0.3 is 0 Å². The van der Waals surface area contributed by atoms with Crippen LogP contribution in [0.25, 0.3) is 0 Å². The molecule has 0 aromatic heterocycles. The molecule has 0 spiro atoms. The molecule has 6 heteroatoms. The van der Waals surface area contributed by atoms with E-state index in [0.29, 0.717) is 16.5 Å². The van der Waals surface area contributed by atoms with Gasteiger partial charge in [-0.2, -0.15) is 5.26 Å². The summed E-state index contributed by atoms with van der Waals surface area (Å²) in [5, 5.41) is 10.6. The van der Waals surface area contributed by atoms with Gasteiger partial charge in [0.05, 0.1) is 28.4 Å². The lowest BCUT2D eigenvalue weighted by Crippen LogP contribution is -2.49. The zero-order valence-electron chi connectivity index (χ0n) is 17.8. The van der Waals surface area contributed by atoms with Gasteiger partial charge in [0.25, 0.3) is 0 Å². The van der Waals surface area contributed by atoms with Crippen LogP contribution in [-0.2, 0) is 0 Å². The van der Waals surface area contributed by atoms with Crippen LogP contribution in [0, 0.1) is 14.9 Å². The third-order valence-electron chi connectivity index (χ3n) is 6.08. The van der Waals surface area contributed by atoms with Crippen LogP contribution in [0.3, 0.4) is 0 Å². The molecule has 1 fully saturated rings. The van der Waals surface area contributed by atoms with Crippen molar-refractivity contribution in [3.8, 4) is 6.07 Å². The first-order valence-corrected chi connectivity index (χ1v) is 12.5. The molecule has 32 heavy (non-hydrogen) atoms. The van der Waals surface area contributed by atoms with E-state index in [2.05, 4.69) is 81.8 Å². The molecule has 0 aliphatic carbocycles. The second-order valence-electron chi connectivity index (χ2n) is 8.25. The summed E-state index contributed by atoms with van der Waals surface area (Å²) in [4.78, 5) is 4.90. The Morgan fingerprint density at radius 3 is 2.41 bits per heavy atom. The minimum Gasteiger partial charge on any atom is -0.361 e. The highest BCUT2D eigenvalue weighted by atomic mass is 127. The normalized spacial score (nSPS) is 17.7. The lowest BCUT2D eigenvalue weighted by Gasteiger charge is -2.44. The largest absolute Gasteiger partial charge is 0.361 e. The Bertz CT molecular complexity index is 1110. The Balaban J connectivity index is 1.58. The van der Waals surface area contributed by atoms with Gasteiger partial charge in [0.1, 0.15) is 0 Å². The van der Waals surface area contributed by atoms with Crippen LogP contribution in [0.2, 0.25) is 10.0 Å². The first kappa shape index (κ1) is 23.4. The summed E-state index contributed by atoms with van der Waals surface area (Å²) in [6, 6.07) is 24.8. The molecule has 4 rings (SSSR count). The first-order valence-electron chi connectivity index (χ1n) is 10.6. The predicted octanol–water partition coefficient (Wildman–Crippen LogP) is 7.14. The van der Waals surface area contributed by atoms with Gasteiger partial charge in [-0.05, 0) is 82.1 Å². The average Bonchev–Trinajstić information content (AvgIpc) is 2.80. The number of nitrogens with zero attached hydrogens (tertiary/aromatic N) is 3. The lowest BCUT2D eigenvalue weighted by atomic mass is 9.97. The summed E-state index contributed by atoms with van der Waals surface area (Å²) >= 11 is 15.1. The maximum Gasteiger partial charge on any atom is 0.0992 e. The number of anilines is 1. The second-order valence-corrected chi connectivity index (χ2v) is 10.3. The predicted molar refractivity (Wildman–Crippen MR) is 142 cm³/mol. The van der Waals surface area contributed by atoms with Crippen molar-refractivity contribution < 1.29 is 0 Å². The summed E-state index contributed by atoms with van der Waals surface area (Å²) in [5.74, 6) is 0.447. The van der Waals surface area contributed by atoms with E-state index in [1.165, 1.54) is 14.7 Å². The van der Waals surface area contributed by atoms with Gasteiger partial charge in [-0.15, -0.1) is 0 Å². The summed E-state index contributed by atoms with van der Waals surface area (Å²) in [5.41, 5.74) is 4.12. The zero-order valence-corrected chi connectivity index (χ0v) is 21.5. The third-order valence-corrected chi connectivity index (χ3v) is 7.35. The third kappa shape index (κ3) is 5.40. The van der Waals surface area contributed by atoms with Gasteiger partial charge in [0.15, 0.2) is 0 Å². The van der Waals surface area contributed by atoms with Crippen LogP contribution in [0.15, 0.2) is 66.7 Å². The van der Waals surface area contributed by atoms with E-state index in [0.717, 1.165) is 36.9 Å². The minimum absolute atomic E-state index is 0.148. The van der Waals surface area contributed by atoms with E-state index >= 15 is 0 Å². The van der Waals surface area contributed by atoms with E-state index in [9.17, 15) is 5.26 Å². The molecule has 2 atom stereocenters. The van der Waals surface area contributed by atoms with Gasteiger partial charge < -0.3 is 4.90 Å². The molecule has 1 aliphatic rings. The summed E-state index contributed by atoms with van der Waals surface area (Å²) < 4.78 is 1.26. The Labute approximate surface area is 213 Å². The van der Waals surface area contributed by atoms with Crippen LogP contribution >= 0.6 is 45.8 Å². The molecule has 1 saturated heterocycles. The van der Waals surface area contributed by atoms with Crippen LogP contribution in [0.4, 0.5) is 5.69 Å². The molecule has 3 nitrogen and oxygen atoms in total. The van der Waals surface area contributed by atoms with Crippen molar-refractivity contribution in [1.82, 2.24) is 4.90 Å². The van der Waals surface area contributed by atoms with E-state index in [-0.39, 0.29) is 6.04 Å². The maximum atomic E-state index is 9.21. The summed E-state index contributed by atoms with van der Waals surface area (Å²) in [7, 11) is 0. The fourth-order valence-electron chi connectivity index (χ4n) is 4.36. The Hall–Kier alpha value is -1.78. The van der Waals surface area contributed by atoms with Crippen molar-refractivity contribution in [3.63, 3.8) is 0 Å². The molecular weight excluding hydrogens is 552 g/mol. The van der Waals surface area contributed by atoms with Crippen molar-refractivity contribution >= 4 is 51.5 Å². The van der Waals surface area contributed by atoms with Crippen LogP contribution in [-0.4, -0.2) is 31.1 Å². The number of rotatable bonds is 5. The maximum absolute atomic E-state index is 9.21. The second kappa shape index (κ2) is 10.4. The highest BCUT2D eigenvalue weighted by molar-refractivity contribution is 14.1. The lowest BCUT2D eigenvalue weighted by molar-refractivity contribution is 0.214. The topological polar surface area (TPSA) is 30.3 Å². The number of piperazine rings is 1. The molecule has 0 bridgehead atoms. The monoisotopic (exact) mass is 575 g/mol. The van der Waals surface area contributed by atoms with Crippen LogP contribution < -0.4 is 4.90 Å². The zero-order chi connectivity index (χ0) is 22.7. The molecule has 1 heterocycles. The Morgan fingerprint density at radius 2 is 1.75 bits per heavy atom. The van der Waals surface area contributed by atoms with Gasteiger partial charge in [-0.1, -0.05) is 54.4 Å². The van der Waals surface area contributed by atoms with Gasteiger partial charge in [-0.25, -0.2) is 0 Å². The van der Waals surface area contributed by atoms with E-state index < -0.39 is 0 Å². The van der Waals surface area contributed by atoms with Crippen LogP contribution in [0.1, 0.15) is 35.6 Å². The van der Waals surface area contributed by atoms with Gasteiger partial charge in [-0.3, -0.25) is 4.90 Å². The highest BCUT2D eigenvalue weighted by Crippen LogP contribution is 2.36. The number of benzene rings is 3. The molecule has 1 aliphatic heterocycles. The van der Waals surface area contributed by atoms with E-state index in [1.54, 1.807) is 6.07 Å². The molecular formula is C26H24Cl2IN3. The van der Waals surface area contributed by atoms with E-state index in [1.807, 2.05) is 24.3 Å². The quantitative estimate of drug-likeness (QED) is 0.303. The Kier molecular flexibility index (Phi) is 7.63. The van der Waals surface area contributed by atoms with Crippen molar-refractivity contribution in [2.45, 2.75) is 18.9 Å². The van der Waals surface area contributed by atoms with Crippen molar-refractivity contribution in [3.05, 3.63) is 97.0 Å². The first-order chi connectivity index (χ1) is 15.4. The van der Waals surface area contributed by atoms with Gasteiger partial charge in [0.2, 0.25) is 0 Å². The van der Waals surface area contributed by atoms with Crippen molar-refractivity contribution in [2.75, 3.05) is 31.1 Å². The number of nitriles is 1. The standard InChI is InChI=1S/C26H24Cl2IN3/c1-18(20-5-9-23(29)10-6-20)16-31-12-13-32(25-11-2-19(15-30)14-24(25)28)26(17-31)21-3-7-22(27)8-4-21/h2-11,14,18,26H,12-13,16-17H2,1H3/t18-,26+/m1/s1. The molecule has 0 unspecified atom stereocenters. The molecule has 3 aromatic rings.